The van der Waals surface area contributed by atoms with Crippen LogP contribution in [0, 0.1) is 13.8 Å². The second-order valence-corrected chi connectivity index (χ2v) is 11.3. The average molecular weight is 398 g/mol. The van der Waals surface area contributed by atoms with Crippen molar-refractivity contribution in [2.45, 2.75) is 71.0 Å². The topological polar surface area (TPSA) is 49.7 Å². The summed E-state index contributed by atoms with van der Waals surface area (Å²) in [5, 5.41) is 22.3. The Balaban J connectivity index is 2.79. The molecular formula is C24H34AlO3. The molecule has 1 radical (unpaired) electrons. The Morgan fingerprint density at radius 1 is 0.750 bits per heavy atom. The zero-order chi connectivity index (χ0) is 21.4. The van der Waals surface area contributed by atoms with Gasteiger partial charge in [0.05, 0.1) is 0 Å². The van der Waals surface area contributed by atoms with Crippen molar-refractivity contribution in [2.75, 3.05) is 7.11 Å². The largest absolute Gasteiger partial charge is 0.509 e. The van der Waals surface area contributed by atoms with Gasteiger partial charge in [0, 0.05) is 7.11 Å². The summed E-state index contributed by atoms with van der Waals surface area (Å²) in [5.41, 5.74) is 5.36. The number of hydrogen-bond donors (Lipinski definition) is 2. The Bertz CT molecular complexity index is 788. The van der Waals surface area contributed by atoms with Crippen molar-refractivity contribution in [3.63, 3.8) is 0 Å². The van der Waals surface area contributed by atoms with Crippen LogP contribution in [0.25, 0.3) is 0 Å². The van der Waals surface area contributed by atoms with E-state index < -0.39 is 15.6 Å². The highest BCUT2D eigenvalue weighted by Gasteiger charge is 2.30. The summed E-state index contributed by atoms with van der Waals surface area (Å²) in [6.45, 7) is 16.7. The number of phenolic OH excluding ortho intramolecular Hbond substituents is 2. The van der Waals surface area contributed by atoms with Gasteiger partial charge in [-0.1, -0.05) is 76.9 Å². The molecule has 151 valence electrons. The number of rotatable bonds is 4. The molecule has 0 amide bonds. The molecule has 0 aliphatic rings. The summed E-state index contributed by atoms with van der Waals surface area (Å²) in [4.78, 5) is 0. The van der Waals surface area contributed by atoms with Crippen LogP contribution in [-0.4, -0.2) is 32.9 Å². The van der Waals surface area contributed by atoms with Crippen LogP contribution in [0.1, 0.15) is 79.7 Å². The Morgan fingerprint density at radius 2 is 1.11 bits per heavy atom. The summed E-state index contributed by atoms with van der Waals surface area (Å²) >= 11 is -0.495. The van der Waals surface area contributed by atoms with Gasteiger partial charge >= 0.3 is 15.6 Å². The van der Waals surface area contributed by atoms with Crippen LogP contribution in [0.3, 0.4) is 0 Å². The Hall–Kier alpha value is -1.47. The van der Waals surface area contributed by atoms with Crippen LogP contribution in [-0.2, 0) is 14.6 Å². The van der Waals surface area contributed by atoms with E-state index in [2.05, 4.69) is 53.7 Å². The van der Waals surface area contributed by atoms with Gasteiger partial charge in [-0.05, 0) is 51.7 Å². The Kier molecular flexibility index (Phi) is 6.61. The predicted octanol–water partition coefficient (Wildman–Crippen LogP) is 5.66. The van der Waals surface area contributed by atoms with Gasteiger partial charge < -0.3 is 14.0 Å². The molecule has 0 atom stereocenters. The third-order valence-corrected chi connectivity index (χ3v) is 6.39. The van der Waals surface area contributed by atoms with Gasteiger partial charge in [-0.3, -0.25) is 0 Å². The minimum Gasteiger partial charge on any atom is -0.509 e. The van der Waals surface area contributed by atoms with Gasteiger partial charge in [-0.15, -0.1) is 0 Å². The monoisotopic (exact) mass is 397 g/mol. The number of phenols is 2. The van der Waals surface area contributed by atoms with E-state index in [0.29, 0.717) is 11.5 Å². The van der Waals surface area contributed by atoms with Gasteiger partial charge in [-0.2, -0.15) is 0 Å². The van der Waals surface area contributed by atoms with Crippen molar-refractivity contribution in [1.82, 2.24) is 0 Å². The standard InChI is InChI=1S/C23H31O2.CH3O.Al/c1-14-9-16(20(24)18(11-14)22(3,4)5)13-17-10-15(2)12-19(21(17)25)23(6,7)8;1-2;/h9-13,24-25H,1-8H3;1H3;/q;-1;+1. The fourth-order valence-corrected chi connectivity index (χ4v) is 4.76. The maximum atomic E-state index is 11.2. The van der Waals surface area contributed by atoms with Crippen molar-refractivity contribution in [2.24, 2.45) is 0 Å². The molecule has 3 nitrogen and oxygen atoms in total. The normalized spacial score (nSPS) is 12.5. The van der Waals surface area contributed by atoms with E-state index in [4.69, 9.17) is 3.79 Å². The lowest BCUT2D eigenvalue weighted by molar-refractivity contribution is 0.417. The van der Waals surface area contributed by atoms with E-state index in [1.54, 1.807) is 7.11 Å². The van der Waals surface area contributed by atoms with E-state index in [9.17, 15) is 10.2 Å². The van der Waals surface area contributed by atoms with Crippen LogP contribution >= 0.6 is 0 Å². The third-order valence-electron chi connectivity index (χ3n) is 5.13. The lowest BCUT2D eigenvalue weighted by Gasteiger charge is -2.28. The Labute approximate surface area is 176 Å². The molecule has 0 saturated heterocycles. The van der Waals surface area contributed by atoms with Crippen LogP contribution in [0.5, 0.6) is 11.5 Å². The quantitative estimate of drug-likeness (QED) is 0.654. The van der Waals surface area contributed by atoms with Crippen molar-refractivity contribution in [1.29, 1.82) is 0 Å². The van der Waals surface area contributed by atoms with Crippen LogP contribution in [0.4, 0.5) is 0 Å². The van der Waals surface area contributed by atoms with Gasteiger partial charge in [0.1, 0.15) is 11.5 Å². The fourth-order valence-electron chi connectivity index (χ4n) is 3.68. The maximum absolute atomic E-state index is 11.2. The molecule has 2 aromatic rings. The van der Waals surface area contributed by atoms with E-state index >= 15 is 0 Å². The number of benzene rings is 2. The van der Waals surface area contributed by atoms with E-state index in [1.807, 2.05) is 26.0 Å². The second-order valence-electron chi connectivity index (χ2n) is 9.85. The number of aryl methyl sites for hydroxylation is 2. The molecule has 0 aromatic heterocycles. The smallest absolute Gasteiger partial charge is 0.437 e. The number of hydrogen-bond acceptors (Lipinski definition) is 3. The van der Waals surface area contributed by atoms with Gasteiger partial charge in [-0.25, -0.2) is 0 Å². The first-order valence-corrected chi connectivity index (χ1v) is 10.9. The van der Waals surface area contributed by atoms with Crippen molar-refractivity contribution >= 4 is 15.6 Å². The molecule has 0 bridgehead atoms. The summed E-state index contributed by atoms with van der Waals surface area (Å²) < 4.78 is 5.44. The molecule has 28 heavy (non-hydrogen) atoms. The fraction of sp³-hybridized carbons (Fsp3) is 0.500. The zero-order valence-electron chi connectivity index (χ0n) is 18.8. The van der Waals surface area contributed by atoms with E-state index in [1.165, 1.54) is 0 Å². The van der Waals surface area contributed by atoms with Crippen molar-refractivity contribution in [3.8, 4) is 11.5 Å². The average Bonchev–Trinajstić information content (AvgIpc) is 2.54. The third kappa shape index (κ3) is 4.74. The summed E-state index contributed by atoms with van der Waals surface area (Å²) in [5.74, 6) is 0.622. The highest BCUT2D eigenvalue weighted by Crippen LogP contribution is 2.44. The van der Waals surface area contributed by atoms with E-state index in [-0.39, 0.29) is 15.6 Å². The molecule has 0 unspecified atom stereocenters. The first kappa shape index (κ1) is 22.8. The van der Waals surface area contributed by atoms with Crippen molar-refractivity contribution in [3.05, 3.63) is 57.6 Å². The minimum atomic E-state index is -0.495. The molecular weight excluding hydrogens is 363 g/mol. The second kappa shape index (κ2) is 8.11. The molecule has 0 aliphatic heterocycles. The Morgan fingerprint density at radius 3 is 1.39 bits per heavy atom. The van der Waals surface area contributed by atoms with Crippen LogP contribution in [0.15, 0.2) is 24.3 Å². The van der Waals surface area contributed by atoms with Gasteiger partial charge in [0.25, 0.3) is 0 Å². The maximum Gasteiger partial charge on any atom is 0.437 e. The molecule has 4 heteroatoms. The molecule has 0 heterocycles. The lowest BCUT2D eigenvalue weighted by atomic mass is 9.81. The first-order chi connectivity index (χ1) is 12.8. The molecule has 2 aromatic carbocycles. The lowest BCUT2D eigenvalue weighted by Crippen LogP contribution is -2.19. The number of aromatic hydroxyl groups is 2. The predicted molar refractivity (Wildman–Crippen MR) is 118 cm³/mol. The van der Waals surface area contributed by atoms with Gasteiger partial charge in [0.15, 0.2) is 0 Å². The highest BCUT2D eigenvalue weighted by molar-refractivity contribution is 6.31. The first-order valence-electron chi connectivity index (χ1n) is 9.81. The van der Waals surface area contributed by atoms with Crippen LogP contribution in [0.2, 0.25) is 0 Å². The summed E-state index contributed by atoms with van der Waals surface area (Å²) in [6, 6.07) is 8.16. The molecule has 2 N–H and O–H groups in total. The summed E-state index contributed by atoms with van der Waals surface area (Å²) in [6.07, 6.45) is 0. The zero-order valence-corrected chi connectivity index (χ0v) is 19.9. The van der Waals surface area contributed by atoms with Crippen molar-refractivity contribution < 1.29 is 14.0 Å². The molecule has 0 spiro atoms. The van der Waals surface area contributed by atoms with Gasteiger partial charge in [0.2, 0.25) is 0 Å². The SMILES string of the molecule is C[O][Al][CH](c1cc(C)cc(C(C)(C)C)c1O)c1cc(C)cc(C(C)(C)C)c1O. The molecule has 0 fully saturated rings. The van der Waals surface area contributed by atoms with Crippen LogP contribution < -0.4 is 0 Å². The molecule has 0 aliphatic carbocycles. The van der Waals surface area contributed by atoms with E-state index in [0.717, 1.165) is 33.4 Å². The summed E-state index contributed by atoms with van der Waals surface area (Å²) in [7, 11) is 1.69. The molecule has 2 rings (SSSR count). The minimum absolute atomic E-state index is 0.174. The molecule has 0 saturated carbocycles. The highest BCUT2D eigenvalue weighted by atomic mass is 27.1.